The second-order valence-corrected chi connectivity index (χ2v) is 5.60. The fourth-order valence-electron chi connectivity index (χ4n) is 2.01. The van der Waals surface area contributed by atoms with Crippen LogP contribution in [-0.4, -0.2) is 23.1 Å². The van der Waals surface area contributed by atoms with E-state index in [1.807, 2.05) is 32.9 Å². The molecular formula is C16H23NO4. The Bertz CT molecular complexity index is 511. The Morgan fingerprint density at radius 2 is 1.90 bits per heavy atom. The van der Waals surface area contributed by atoms with E-state index in [-0.39, 0.29) is 30.8 Å². The summed E-state index contributed by atoms with van der Waals surface area (Å²) in [5.41, 5.74) is 1.63. The summed E-state index contributed by atoms with van der Waals surface area (Å²) in [7, 11) is 0. The zero-order valence-electron chi connectivity index (χ0n) is 13.0. The number of carbonyl (C=O) groups excluding carboxylic acids is 1. The maximum atomic E-state index is 11.9. The van der Waals surface area contributed by atoms with E-state index >= 15 is 0 Å². The molecule has 21 heavy (non-hydrogen) atoms. The van der Waals surface area contributed by atoms with E-state index < -0.39 is 5.97 Å². The van der Waals surface area contributed by atoms with Crippen LogP contribution in [0.2, 0.25) is 0 Å². The van der Waals surface area contributed by atoms with Gasteiger partial charge >= 0.3 is 5.97 Å². The van der Waals surface area contributed by atoms with Crippen molar-refractivity contribution in [1.29, 1.82) is 0 Å². The van der Waals surface area contributed by atoms with Crippen LogP contribution in [0.3, 0.4) is 0 Å². The van der Waals surface area contributed by atoms with Crippen molar-refractivity contribution in [2.75, 3.05) is 5.32 Å². The Hall–Kier alpha value is -2.04. The van der Waals surface area contributed by atoms with Gasteiger partial charge in [-0.05, 0) is 50.5 Å². The highest BCUT2D eigenvalue weighted by atomic mass is 16.5. The number of aliphatic carboxylic acids is 1. The monoisotopic (exact) mass is 293 g/mol. The average Bonchev–Trinajstić information content (AvgIpc) is 2.30. The zero-order chi connectivity index (χ0) is 16.0. The van der Waals surface area contributed by atoms with Crippen molar-refractivity contribution in [2.45, 2.75) is 46.6 Å². The highest BCUT2D eigenvalue weighted by molar-refractivity contribution is 5.91. The molecule has 1 rings (SSSR count). The number of carbonyl (C=O) groups is 2. The summed E-state index contributed by atoms with van der Waals surface area (Å²) in [6.45, 7) is 7.55. The van der Waals surface area contributed by atoms with Gasteiger partial charge in [-0.25, -0.2) is 0 Å². The molecule has 0 aliphatic heterocycles. The summed E-state index contributed by atoms with van der Waals surface area (Å²) in [4.78, 5) is 22.5. The lowest BCUT2D eigenvalue weighted by Gasteiger charge is -2.14. The molecule has 1 unspecified atom stereocenters. The van der Waals surface area contributed by atoms with Gasteiger partial charge in [0.2, 0.25) is 5.91 Å². The molecule has 1 amide bonds. The molecule has 0 aromatic heterocycles. The van der Waals surface area contributed by atoms with E-state index in [4.69, 9.17) is 9.84 Å². The highest BCUT2D eigenvalue weighted by Gasteiger charge is 2.13. The molecule has 0 aliphatic carbocycles. The first kappa shape index (κ1) is 17.0. The molecule has 0 heterocycles. The summed E-state index contributed by atoms with van der Waals surface area (Å²) in [5, 5.41) is 11.5. The number of aryl methyl sites for hydroxylation is 1. The Morgan fingerprint density at radius 3 is 2.43 bits per heavy atom. The fourth-order valence-corrected chi connectivity index (χ4v) is 2.01. The van der Waals surface area contributed by atoms with E-state index in [2.05, 4.69) is 5.32 Å². The van der Waals surface area contributed by atoms with Gasteiger partial charge in [0.15, 0.2) is 0 Å². The largest absolute Gasteiger partial charge is 0.491 e. The third-order valence-corrected chi connectivity index (χ3v) is 2.90. The van der Waals surface area contributed by atoms with Crippen LogP contribution in [0.15, 0.2) is 18.2 Å². The number of hydrogen-bond acceptors (Lipinski definition) is 3. The van der Waals surface area contributed by atoms with Gasteiger partial charge in [-0.2, -0.15) is 0 Å². The molecule has 5 heteroatoms. The molecule has 0 spiro atoms. The number of hydrogen-bond donors (Lipinski definition) is 2. The van der Waals surface area contributed by atoms with Crippen molar-refractivity contribution in [3.63, 3.8) is 0 Å². The van der Waals surface area contributed by atoms with Gasteiger partial charge in [0.25, 0.3) is 0 Å². The van der Waals surface area contributed by atoms with Crippen LogP contribution in [-0.2, 0) is 9.59 Å². The Kier molecular flexibility index (Phi) is 6.21. The second kappa shape index (κ2) is 7.67. The number of benzene rings is 1. The summed E-state index contributed by atoms with van der Waals surface area (Å²) in [6.07, 6.45) is 0.283. The summed E-state index contributed by atoms with van der Waals surface area (Å²) < 4.78 is 5.59. The molecule has 0 saturated heterocycles. The molecule has 1 atom stereocenters. The van der Waals surface area contributed by atoms with Crippen LogP contribution in [0, 0.1) is 12.8 Å². The smallest absolute Gasteiger partial charge is 0.303 e. The second-order valence-electron chi connectivity index (χ2n) is 5.60. The quantitative estimate of drug-likeness (QED) is 0.809. The van der Waals surface area contributed by atoms with Crippen LogP contribution in [0.1, 0.15) is 39.2 Å². The number of carboxylic acid groups (broad SMARTS) is 1. The van der Waals surface area contributed by atoms with Crippen LogP contribution in [0.4, 0.5) is 5.69 Å². The van der Waals surface area contributed by atoms with Crippen molar-refractivity contribution in [3.05, 3.63) is 23.8 Å². The molecule has 1 aromatic rings. The maximum absolute atomic E-state index is 11.9. The first-order valence-electron chi connectivity index (χ1n) is 7.07. The van der Waals surface area contributed by atoms with Crippen LogP contribution in [0.5, 0.6) is 5.75 Å². The van der Waals surface area contributed by atoms with E-state index in [9.17, 15) is 9.59 Å². The lowest BCUT2D eigenvalue weighted by Crippen LogP contribution is -2.17. The molecule has 0 bridgehead atoms. The number of ether oxygens (including phenoxy) is 1. The van der Waals surface area contributed by atoms with Gasteiger partial charge in [-0.15, -0.1) is 0 Å². The molecule has 1 aromatic carbocycles. The van der Waals surface area contributed by atoms with Crippen molar-refractivity contribution in [2.24, 2.45) is 5.92 Å². The number of rotatable bonds is 7. The van der Waals surface area contributed by atoms with Crippen molar-refractivity contribution >= 4 is 17.6 Å². The topological polar surface area (TPSA) is 75.6 Å². The Labute approximate surface area is 125 Å². The van der Waals surface area contributed by atoms with E-state index in [0.717, 1.165) is 17.0 Å². The predicted molar refractivity (Wildman–Crippen MR) is 81.6 cm³/mol. The minimum absolute atomic E-state index is 0.00638. The first-order valence-corrected chi connectivity index (χ1v) is 7.07. The van der Waals surface area contributed by atoms with Crippen molar-refractivity contribution in [3.8, 4) is 5.75 Å². The summed E-state index contributed by atoms with van der Waals surface area (Å²) >= 11 is 0. The third kappa shape index (κ3) is 6.29. The number of anilines is 1. The van der Waals surface area contributed by atoms with E-state index in [0.29, 0.717) is 0 Å². The Balaban J connectivity index is 2.62. The third-order valence-electron chi connectivity index (χ3n) is 2.90. The minimum Gasteiger partial charge on any atom is -0.491 e. The van der Waals surface area contributed by atoms with Gasteiger partial charge in [-0.3, -0.25) is 9.59 Å². The van der Waals surface area contributed by atoms with Gasteiger partial charge in [0.05, 0.1) is 6.10 Å². The fraction of sp³-hybridized carbons (Fsp3) is 0.500. The average molecular weight is 293 g/mol. The molecule has 0 radical (unpaired) electrons. The molecule has 2 N–H and O–H groups in total. The SMILES string of the molecule is Cc1cc(OC(C)C)ccc1NC(=O)CC(C)CC(=O)O. The van der Waals surface area contributed by atoms with Gasteiger partial charge in [-0.1, -0.05) is 6.92 Å². The molecule has 116 valence electrons. The summed E-state index contributed by atoms with van der Waals surface area (Å²) in [5.74, 6) is -0.489. The molecule has 0 fully saturated rings. The molecule has 0 saturated carbocycles. The predicted octanol–water partition coefficient (Wildman–Crippen LogP) is 3.22. The molecular weight excluding hydrogens is 270 g/mol. The standard InChI is InChI=1S/C16H23NO4/c1-10(2)21-13-5-6-14(12(4)9-13)17-15(18)7-11(3)8-16(19)20/h5-6,9-11H,7-8H2,1-4H3,(H,17,18)(H,19,20). The van der Waals surface area contributed by atoms with Gasteiger partial charge < -0.3 is 15.2 Å². The van der Waals surface area contributed by atoms with Crippen molar-refractivity contribution < 1.29 is 19.4 Å². The first-order chi connectivity index (χ1) is 9.77. The van der Waals surface area contributed by atoms with Gasteiger partial charge in [0, 0.05) is 18.5 Å². The number of amides is 1. The number of nitrogens with one attached hydrogen (secondary N) is 1. The van der Waals surface area contributed by atoms with Crippen LogP contribution < -0.4 is 10.1 Å². The van der Waals surface area contributed by atoms with Crippen LogP contribution in [0.25, 0.3) is 0 Å². The lowest BCUT2D eigenvalue weighted by molar-refractivity contribution is -0.138. The van der Waals surface area contributed by atoms with Crippen molar-refractivity contribution in [1.82, 2.24) is 0 Å². The zero-order valence-corrected chi connectivity index (χ0v) is 13.0. The highest BCUT2D eigenvalue weighted by Crippen LogP contribution is 2.22. The molecule has 0 aliphatic rings. The number of carboxylic acids is 1. The summed E-state index contributed by atoms with van der Waals surface area (Å²) in [6, 6.07) is 5.48. The van der Waals surface area contributed by atoms with Gasteiger partial charge in [0.1, 0.15) is 5.75 Å². The molecule has 5 nitrogen and oxygen atoms in total. The maximum Gasteiger partial charge on any atom is 0.303 e. The minimum atomic E-state index is -0.887. The van der Waals surface area contributed by atoms with Crippen LogP contribution >= 0.6 is 0 Å². The lowest BCUT2D eigenvalue weighted by atomic mass is 10.0. The normalized spacial score (nSPS) is 12.0. The van der Waals surface area contributed by atoms with E-state index in [1.165, 1.54) is 0 Å². The van der Waals surface area contributed by atoms with E-state index in [1.54, 1.807) is 13.0 Å². The Morgan fingerprint density at radius 1 is 1.24 bits per heavy atom.